The third-order valence-electron chi connectivity index (χ3n) is 1.28. The molecule has 1 amide bonds. The predicted molar refractivity (Wildman–Crippen MR) is 56.4 cm³/mol. The number of carboxylic acid groups (broad SMARTS) is 1. The van der Waals surface area contributed by atoms with Crippen molar-refractivity contribution in [1.29, 1.82) is 0 Å². The molecule has 0 aromatic rings. The van der Waals surface area contributed by atoms with Gasteiger partial charge in [-0.1, -0.05) is 0 Å². The molecule has 0 aliphatic carbocycles. The Kier molecular flexibility index (Phi) is 8.63. The van der Waals surface area contributed by atoms with Crippen molar-refractivity contribution in [2.75, 3.05) is 13.3 Å². The zero-order valence-corrected chi connectivity index (χ0v) is 9.82. The first-order valence-electron chi connectivity index (χ1n) is 4.19. The highest BCUT2D eigenvalue weighted by Gasteiger charge is 2.12. The van der Waals surface area contributed by atoms with Crippen molar-refractivity contribution in [3.05, 3.63) is 0 Å². The van der Waals surface area contributed by atoms with Crippen LogP contribution < -0.4 is 11.1 Å². The van der Waals surface area contributed by atoms with Crippen molar-refractivity contribution in [2.45, 2.75) is 18.9 Å². The Morgan fingerprint density at radius 2 is 1.81 bits per heavy atom. The Morgan fingerprint density at radius 3 is 2.06 bits per heavy atom. The van der Waals surface area contributed by atoms with Crippen LogP contribution in [0.4, 0.5) is 0 Å². The van der Waals surface area contributed by atoms with Gasteiger partial charge >= 0.3 is 5.97 Å². The lowest BCUT2D eigenvalue weighted by Gasteiger charge is -2.03. The van der Waals surface area contributed by atoms with Crippen LogP contribution in [0.15, 0.2) is 0 Å². The summed E-state index contributed by atoms with van der Waals surface area (Å²) in [4.78, 5) is 20.7. The topological polar surface area (TPSA) is 147 Å². The van der Waals surface area contributed by atoms with Crippen LogP contribution >= 0.6 is 0 Å². The van der Waals surface area contributed by atoms with Gasteiger partial charge in [-0.2, -0.15) is 8.42 Å². The van der Waals surface area contributed by atoms with Gasteiger partial charge in [-0.3, -0.25) is 14.1 Å². The smallest absolute Gasteiger partial charge is 0.320 e. The molecule has 0 spiro atoms. The Hall–Kier alpha value is -1.19. The van der Waals surface area contributed by atoms with E-state index in [2.05, 4.69) is 5.32 Å². The summed E-state index contributed by atoms with van der Waals surface area (Å²) >= 11 is 0. The molecule has 96 valence electrons. The maximum absolute atomic E-state index is 10.6. The lowest BCUT2D eigenvalue weighted by Crippen LogP contribution is -2.31. The van der Waals surface area contributed by atoms with Gasteiger partial charge < -0.3 is 16.2 Å². The van der Waals surface area contributed by atoms with Crippen LogP contribution in [-0.2, 0) is 19.7 Å². The van der Waals surface area contributed by atoms with Crippen molar-refractivity contribution >= 4 is 22.0 Å². The van der Waals surface area contributed by atoms with E-state index in [4.69, 9.17) is 15.4 Å². The highest BCUT2D eigenvalue weighted by atomic mass is 32.2. The molecule has 0 rings (SSSR count). The number of carbonyl (C=O) groups excluding carboxylic acids is 1. The molecule has 1 atom stereocenters. The highest BCUT2D eigenvalue weighted by Crippen LogP contribution is 1.93. The van der Waals surface area contributed by atoms with Gasteiger partial charge in [0.05, 0.1) is 6.26 Å². The maximum atomic E-state index is 10.6. The first-order valence-corrected chi connectivity index (χ1v) is 6.04. The van der Waals surface area contributed by atoms with E-state index in [1.807, 2.05) is 0 Å². The van der Waals surface area contributed by atoms with Crippen LogP contribution in [0.3, 0.4) is 0 Å². The zero-order chi connectivity index (χ0) is 13.4. The number of carboxylic acids is 1. The molecule has 0 aliphatic rings. The number of hydrogen-bond acceptors (Lipinski definition) is 5. The van der Waals surface area contributed by atoms with Crippen LogP contribution in [0.25, 0.3) is 0 Å². The fourth-order valence-electron chi connectivity index (χ4n) is 0.535. The molecule has 0 heterocycles. The van der Waals surface area contributed by atoms with E-state index in [0.717, 1.165) is 0 Å². The monoisotopic (exact) mass is 256 g/mol. The maximum Gasteiger partial charge on any atom is 0.320 e. The summed E-state index contributed by atoms with van der Waals surface area (Å²) < 4.78 is 25.9. The number of nitrogens with one attached hydrogen (secondary N) is 1. The summed E-state index contributed by atoms with van der Waals surface area (Å²) in [6.45, 7) is 0. The summed E-state index contributed by atoms with van der Waals surface area (Å²) in [5, 5.41) is 10.7. The Labute approximate surface area is 93.6 Å². The first kappa shape index (κ1) is 17.2. The van der Waals surface area contributed by atoms with Gasteiger partial charge in [-0.25, -0.2) is 0 Å². The summed E-state index contributed by atoms with van der Waals surface area (Å²) in [5.74, 6) is -1.27. The number of aliphatic carboxylic acids is 1. The molecular weight excluding hydrogens is 240 g/mol. The van der Waals surface area contributed by atoms with Crippen molar-refractivity contribution in [3.63, 3.8) is 0 Å². The molecule has 0 aliphatic heterocycles. The Morgan fingerprint density at radius 1 is 1.44 bits per heavy atom. The van der Waals surface area contributed by atoms with Crippen molar-refractivity contribution < 1.29 is 27.7 Å². The molecule has 0 bridgehead atoms. The van der Waals surface area contributed by atoms with Crippen LogP contribution in [0, 0.1) is 0 Å². The van der Waals surface area contributed by atoms with E-state index in [9.17, 15) is 18.0 Å². The Bertz CT molecular complexity index is 318. The van der Waals surface area contributed by atoms with Crippen LogP contribution in [0.5, 0.6) is 0 Å². The van der Waals surface area contributed by atoms with E-state index in [1.165, 1.54) is 7.05 Å². The average molecular weight is 256 g/mol. The van der Waals surface area contributed by atoms with E-state index >= 15 is 0 Å². The van der Waals surface area contributed by atoms with E-state index in [1.54, 1.807) is 0 Å². The van der Waals surface area contributed by atoms with Crippen LogP contribution in [-0.4, -0.2) is 49.3 Å². The second-order valence-corrected chi connectivity index (χ2v) is 4.36. The fourth-order valence-corrected chi connectivity index (χ4v) is 0.535. The SMILES string of the molecule is CNC(=O)CC[C@@H](N)C(=O)O.CS(=O)(=O)O. The standard InChI is InChI=1S/C6H12N2O3.CH4O3S/c1-8-5(9)3-2-4(7)6(10)11;1-5(2,3)4/h4H,2-3,7H2,1H3,(H,8,9)(H,10,11);1H3,(H,2,3,4)/t4-;/m1./s1. The average Bonchev–Trinajstić information content (AvgIpc) is 2.10. The number of amides is 1. The normalized spacial score (nSPS) is 12.0. The molecule has 9 heteroatoms. The molecule has 0 saturated carbocycles. The highest BCUT2D eigenvalue weighted by molar-refractivity contribution is 7.85. The lowest BCUT2D eigenvalue weighted by molar-refractivity contribution is -0.138. The van der Waals surface area contributed by atoms with Gasteiger partial charge in [-0.05, 0) is 6.42 Å². The van der Waals surface area contributed by atoms with Crippen molar-refractivity contribution in [1.82, 2.24) is 5.32 Å². The van der Waals surface area contributed by atoms with Gasteiger partial charge in [0.15, 0.2) is 0 Å². The number of hydrogen-bond donors (Lipinski definition) is 4. The van der Waals surface area contributed by atoms with Gasteiger partial charge in [0.25, 0.3) is 10.1 Å². The van der Waals surface area contributed by atoms with E-state index in [0.29, 0.717) is 6.26 Å². The summed E-state index contributed by atoms with van der Waals surface area (Å²) in [6, 6.07) is -0.938. The minimum Gasteiger partial charge on any atom is -0.480 e. The van der Waals surface area contributed by atoms with Gasteiger partial charge in [0.2, 0.25) is 5.91 Å². The molecule has 0 fully saturated rings. The second kappa shape index (κ2) is 8.02. The number of rotatable bonds is 4. The number of nitrogens with two attached hydrogens (primary N) is 1. The molecule has 0 aromatic carbocycles. The third kappa shape index (κ3) is 18.6. The molecule has 0 unspecified atom stereocenters. The van der Waals surface area contributed by atoms with E-state index in [-0.39, 0.29) is 18.7 Å². The van der Waals surface area contributed by atoms with Crippen molar-refractivity contribution in [2.24, 2.45) is 5.73 Å². The van der Waals surface area contributed by atoms with Crippen LogP contribution in [0.1, 0.15) is 12.8 Å². The minimum absolute atomic E-state index is 0.157. The largest absolute Gasteiger partial charge is 0.480 e. The van der Waals surface area contributed by atoms with E-state index < -0.39 is 22.1 Å². The first-order chi connectivity index (χ1) is 7.07. The molecule has 16 heavy (non-hydrogen) atoms. The predicted octanol–water partition coefficient (Wildman–Crippen LogP) is -1.57. The fraction of sp³-hybridized carbons (Fsp3) is 0.714. The molecule has 0 aromatic heterocycles. The third-order valence-corrected chi connectivity index (χ3v) is 1.28. The van der Waals surface area contributed by atoms with Crippen molar-refractivity contribution in [3.8, 4) is 0 Å². The summed E-state index contributed by atoms with van der Waals surface area (Å²) in [6.07, 6.45) is 1.05. The van der Waals surface area contributed by atoms with Crippen LogP contribution in [0.2, 0.25) is 0 Å². The van der Waals surface area contributed by atoms with Gasteiger partial charge in [0, 0.05) is 13.5 Å². The Balaban J connectivity index is 0. The molecule has 0 saturated heterocycles. The second-order valence-electron chi connectivity index (χ2n) is 2.89. The summed E-state index contributed by atoms with van der Waals surface area (Å²) in [5.41, 5.74) is 5.14. The molecular formula is C7H16N2O6S. The lowest BCUT2D eigenvalue weighted by atomic mass is 10.1. The quantitative estimate of drug-likeness (QED) is 0.444. The summed E-state index contributed by atoms with van der Waals surface area (Å²) in [7, 11) is -2.17. The molecule has 8 nitrogen and oxygen atoms in total. The van der Waals surface area contributed by atoms with Gasteiger partial charge in [-0.15, -0.1) is 0 Å². The number of carbonyl (C=O) groups is 2. The zero-order valence-electron chi connectivity index (χ0n) is 9.00. The minimum atomic E-state index is -3.67. The molecule has 0 radical (unpaired) electrons. The molecule has 5 N–H and O–H groups in total. The van der Waals surface area contributed by atoms with Gasteiger partial charge in [0.1, 0.15) is 6.04 Å².